The van der Waals surface area contributed by atoms with E-state index in [1.807, 2.05) is 0 Å². The zero-order valence-corrected chi connectivity index (χ0v) is 12.8. The van der Waals surface area contributed by atoms with Crippen molar-refractivity contribution in [3.63, 3.8) is 0 Å². The summed E-state index contributed by atoms with van der Waals surface area (Å²) < 4.78 is 0. The predicted molar refractivity (Wildman–Crippen MR) is 84.1 cm³/mol. The number of hydrogen-bond acceptors (Lipinski definition) is 3. The van der Waals surface area contributed by atoms with Gasteiger partial charge in [-0.05, 0) is 50.4 Å². The molecule has 2 N–H and O–H groups in total. The first-order valence-electron chi connectivity index (χ1n) is 8.05. The quantitative estimate of drug-likeness (QED) is 0.877. The Hall–Kier alpha value is -1.39. The van der Waals surface area contributed by atoms with Crippen LogP contribution in [-0.2, 0) is 17.8 Å². The number of fused-ring (bicyclic) bond motifs is 1. The summed E-state index contributed by atoms with van der Waals surface area (Å²) in [6, 6.07) is 8.49. The molecule has 2 heterocycles. The topological polar surface area (TPSA) is 44.4 Å². The third-order valence-electron chi connectivity index (χ3n) is 4.52. The number of carbonyl (C=O) groups excluding carboxylic acids is 1. The average molecular weight is 287 g/mol. The minimum Gasteiger partial charge on any atom is -0.351 e. The van der Waals surface area contributed by atoms with Crippen LogP contribution in [0.5, 0.6) is 0 Å². The molecule has 114 valence electrons. The highest BCUT2D eigenvalue weighted by Gasteiger charge is 2.25. The van der Waals surface area contributed by atoms with E-state index in [1.165, 1.54) is 37.1 Å². The smallest absolute Gasteiger partial charge is 0.237 e. The van der Waals surface area contributed by atoms with E-state index in [-0.39, 0.29) is 18.0 Å². The van der Waals surface area contributed by atoms with Gasteiger partial charge in [-0.3, -0.25) is 4.79 Å². The molecule has 1 unspecified atom stereocenters. The van der Waals surface area contributed by atoms with Crippen LogP contribution in [-0.4, -0.2) is 42.5 Å². The fraction of sp³-hybridized carbons (Fsp3) is 0.588. The second-order valence-electron chi connectivity index (χ2n) is 6.32. The van der Waals surface area contributed by atoms with Crippen molar-refractivity contribution in [1.82, 2.24) is 15.5 Å². The maximum atomic E-state index is 12.4. The lowest BCUT2D eigenvalue weighted by atomic mass is 9.95. The van der Waals surface area contributed by atoms with Gasteiger partial charge in [0, 0.05) is 19.1 Å². The fourth-order valence-corrected chi connectivity index (χ4v) is 3.38. The third kappa shape index (κ3) is 3.63. The summed E-state index contributed by atoms with van der Waals surface area (Å²) in [5.74, 6) is 0.135. The molecular formula is C17H25N3O. The summed E-state index contributed by atoms with van der Waals surface area (Å²) in [5, 5.41) is 6.51. The predicted octanol–water partition coefficient (Wildman–Crippen LogP) is 1.30. The van der Waals surface area contributed by atoms with Gasteiger partial charge in [0.1, 0.15) is 0 Å². The van der Waals surface area contributed by atoms with Crippen LogP contribution in [0.1, 0.15) is 30.9 Å². The summed E-state index contributed by atoms with van der Waals surface area (Å²) >= 11 is 0. The number of nitrogens with zero attached hydrogens (tertiary/aromatic N) is 1. The van der Waals surface area contributed by atoms with Crippen LogP contribution in [0, 0.1) is 0 Å². The monoisotopic (exact) mass is 287 g/mol. The lowest BCUT2D eigenvalue weighted by Gasteiger charge is -2.28. The molecule has 3 rings (SSSR count). The number of amides is 1. The summed E-state index contributed by atoms with van der Waals surface area (Å²) in [6.07, 6.45) is 3.38. The van der Waals surface area contributed by atoms with Crippen molar-refractivity contribution >= 4 is 5.91 Å². The van der Waals surface area contributed by atoms with Crippen molar-refractivity contribution in [2.75, 3.05) is 19.6 Å². The van der Waals surface area contributed by atoms with Crippen molar-refractivity contribution < 1.29 is 4.79 Å². The van der Waals surface area contributed by atoms with E-state index in [9.17, 15) is 4.79 Å². The SMILES string of the molecule is CC(CN1CCCC1)NC(=O)[C@H]1Cc2ccccc2CN1. The minimum atomic E-state index is -0.0964. The van der Waals surface area contributed by atoms with Gasteiger partial charge in [-0.2, -0.15) is 0 Å². The van der Waals surface area contributed by atoms with Crippen LogP contribution in [0.2, 0.25) is 0 Å². The van der Waals surface area contributed by atoms with E-state index < -0.39 is 0 Å². The minimum absolute atomic E-state index is 0.0964. The molecule has 0 saturated carbocycles. The Morgan fingerprint density at radius 1 is 1.33 bits per heavy atom. The Morgan fingerprint density at radius 2 is 2.05 bits per heavy atom. The van der Waals surface area contributed by atoms with Gasteiger partial charge in [-0.15, -0.1) is 0 Å². The van der Waals surface area contributed by atoms with Gasteiger partial charge in [-0.25, -0.2) is 0 Å². The Balaban J connectivity index is 1.51. The molecular weight excluding hydrogens is 262 g/mol. The second-order valence-corrected chi connectivity index (χ2v) is 6.32. The molecule has 1 saturated heterocycles. The van der Waals surface area contributed by atoms with Crippen LogP contribution in [0.4, 0.5) is 0 Å². The molecule has 2 aliphatic rings. The maximum Gasteiger partial charge on any atom is 0.237 e. The van der Waals surface area contributed by atoms with Crippen molar-refractivity contribution in [3.05, 3.63) is 35.4 Å². The molecule has 4 nitrogen and oxygen atoms in total. The van der Waals surface area contributed by atoms with Crippen molar-refractivity contribution in [2.45, 2.75) is 44.8 Å². The fourth-order valence-electron chi connectivity index (χ4n) is 3.38. The molecule has 0 bridgehead atoms. The molecule has 2 aliphatic heterocycles. The van der Waals surface area contributed by atoms with Crippen LogP contribution in [0.25, 0.3) is 0 Å². The standard InChI is InChI=1S/C17H25N3O/c1-13(12-20-8-4-5-9-20)19-17(21)16-10-14-6-2-3-7-15(14)11-18-16/h2-3,6-7,13,16,18H,4-5,8-12H2,1H3,(H,19,21)/t13?,16-/m1/s1. The maximum absolute atomic E-state index is 12.4. The summed E-state index contributed by atoms with van der Waals surface area (Å²) in [5.41, 5.74) is 2.61. The van der Waals surface area contributed by atoms with Crippen LogP contribution in [0.3, 0.4) is 0 Å². The van der Waals surface area contributed by atoms with Crippen molar-refractivity contribution in [2.24, 2.45) is 0 Å². The Kier molecular flexibility index (Phi) is 4.56. The molecule has 0 aromatic heterocycles. The second kappa shape index (κ2) is 6.58. The van der Waals surface area contributed by atoms with Crippen LogP contribution < -0.4 is 10.6 Å². The molecule has 1 aromatic carbocycles. The normalized spacial score (nSPS) is 23.6. The van der Waals surface area contributed by atoms with Gasteiger partial charge in [-0.1, -0.05) is 24.3 Å². The first kappa shape index (κ1) is 14.5. The molecule has 1 aromatic rings. The highest BCUT2D eigenvalue weighted by molar-refractivity contribution is 5.82. The summed E-state index contributed by atoms with van der Waals surface area (Å²) in [4.78, 5) is 14.8. The first-order valence-corrected chi connectivity index (χ1v) is 8.05. The molecule has 0 spiro atoms. The zero-order chi connectivity index (χ0) is 14.7. The number of carbonyl (C=O) groups is 1. The highest BCUT2D eigenvalue weighted by Crippen LogP contribution is 2.16. The lowest BCUT2D eigenvalue weighted by Crippen LogP contribution is -2.51. The van der Waals surface area contributed by atoms with Gasteiger partial charge in [0.2, 0.25) is 5.91 Å². The van der Waals surface area contributed by atoms with E-state index in [1.54, 1.807) is 0 Å². The van der Waals surface area contributed by atoms with Gasteiger partial charge < -0.3 is 15.5 Å². The van der Waals surface area contributed by atoms with E-state index in [2.05, 4.69) is 46.7 Å². The van der Waals surface area contributed by atoms with Gasteiger partial charge in [0.25, 0.3) is 0 Å². The molecule has 21 heavy (non-hydrogen) atoms. The van der Waals surface area contributed by atoms with Crippen molar-refractivity contribution in [3.8, 4) is 0 Å². The Labute approximate surface area is 126 Å². The number of likely N-dealkylation sites (tertiary alicyclic amines) is 1. The van der Waals surface area contributed by atoms with E-state index >= 15 is 0 Å². The number of nitrogens with one attached hydrogen (secondary N) is 2. The third-order valence-corrected chi connectivity index (χ3v) is 4.52. The number of benzene rings is 1. The first-order chi connectivity index (χ1) is 10.2. The molecule has 1 fully saturated rings. The average Bonchev–Trinajstić information content (AvgIpc) is 2.99. The van der Waals surface area contributed by atoms with E-state index in [4.69, 9.17) is 0 Å². The van der Waals surface area contributed by atoms with E-state index in [0.717, 1.165) is 19.5 Å². The molecule has 1 amide bonds. The number of hydrogen-bond donors (Lipinski definition) is 2. The Morgan fingerprint density at radius 3 is 2.81 bits per heavy atom. The highest BCUT2D eigenvalue weighted by atomic mass is 16.2. The molecule has 4 heteroatoms. The van der Waals surface area contributed by atoms with E-state index in [0.29, 0.717) is 0 Å². The zero-order valence-electron chi connectivity index (χ0n) is 12.8. The van der Waals surface area contributed by atoms with Crippen LogP contribution in [0.15, 0.2) is 24.3 Å². The lowest BCUT2D eigenvalue weighted by molar-refractivity contribution is -0.124. The summed E-state index contributed by atoms with van der Waals surface area (Å²) in [6.45, 7) is 6.21. The van der Waals surface area contributed by atoms with Gasteiger partial charge in [0.05, 0.1) is 6.04 Å². The molecule has 0 aliphatic carbocycles. The molecule has 2 atom stereocenters. The molecule has 0 radical (unpaired) electrons. The van der Waals surface area contributed by atoms with Crippen LogP contribution >= 0.6 is 0 Å². The number of rotatable bonds is 4. The largest absolute Gasteiger partial charge is 0.351 e. The van der Waals surface area contributed by atoms with Crippen molar-refractivity contribution in [1.29, 1.82) is 0 Å². The summed E-state index contributed by atoms with van der Waals surface area (Å²) in [7, 11) is 0. The van der Waals surface area contributed by atoms with Gasteiger partial charge in [0.15, 0.2) is 0 Å². The Bertz CT molecular complexity index is 497. The van der Waals surface area contributed by atoms with Gasteiger partial charge >= 0.3 is 0 Å².